The maximum atomic E-state index is 13.1. The smallest absolute Gasteiger partial charge is 0.333 e. The third-order valence-corrected chi connectivity index (χ3v) is 5.99. The first-order chi connectivity index (χ1) is 15.3. The molecule has 1 aliphatic rings. The molecule has 162 valence electrons. The summed E-state index contributed by atoms with van der Waals surface area (Å²) in [6, 6.07) is 15.5. The van der Waals surface area contributed by atoms with E-state index in [0.29, 0.717) is 31.0 Å². The Morgan fingerprint density at radius 2 is 1.72 bits per heavy atom. The number of rotatable bonds is 5. The Labute approximate surface area is 205 Å². The van der Waals surface area contributed by atoms with Crippen LogP contribution in [0.5, 0.6) is 5.75 Å². The number of nitrogens with one attached hydrogen (secondary N) is 1. The molecule has 32 heavy (non-hydrogen) atoms. The number of carbonyl (C=O) groups is 2. The van der Waals surface area contributed by atoms with Crippen molar-refractivity contribution >= 4 is 67.2 Å². The first kappa shape index (κ1) is 22.5. The van der Waals surface area contributed by atoms with Gasteiger partial charge in [-0.05, 0) is 91.5 Å². The predicted molar refractivity (Wildman–Crippen MR) is 128 cm³/mol. The summed E-state index contributed by atoms with van der Waals surface area (Å²) in [7, 11) is 0. The van der Waals surface area contributed by atoms with E-state index in [1.807, 2.05) is 0 Å². The average Bonchev–Trinajstić information content (AvgIpc) is 3.01. The van der Waals surface area contributed by atoms with Crippen LogP contribution in [0.3, 0.4) is 0 Å². The monoisotopic (exact) mass is 578 g/mol. The number of anilines is 1. The van der Waals surface area contributed by atoms with Crippen molar-refractivity contribution in [3.63, 3.8) is 0 Å². The van der Waals surface area contributed by atoms with Gasteiger partial charge >= 0.3 is 6.03 Å². The summed E-state index contributed by atoms with van der Waals surface area (Å²) in [6.45, 7) is 0.251. The molecule has 0 unspecified atom stereocenters. The van der Waals surface area contributed by atoms with Crippen LogP contribution in [0.1, 0.15) is 11.1 Å². The third-order valence-electron chi connectivity index (χ3n) is 4.57. The van der Waals surface area contributed by atoms with Crippen molar-refractivity contribution in [1.82, 2.24) is 5.32 Å². The zero-order valence-corrected chi connectivity index (χ0v) is 20.2. The Morgan fingerprint density at radius 1 is 1.03 bits per heavy atom. The number of ether oxygens (including phenoxy) is 1. The summed E-state index contributed by atoms with van der Waals surface area (Å²) in [5.74, 6) is -0.240. The molecule has 4 rings (SSSR count). The Bertz CT molecular complexity index is 1230. The third kappa shape index (κ3) is 4.87. The Balaban J connectivity index is 1.54. The van der Waals surface area contributed by atoms with Crippen LogP contribution < -0.4 is 15.0 Å². The van der Waals surface area contributed by atoms with Gasteiger partial charge in [-0.1, -0.05) is 29.8 Å². The van der Waals surface area contributed by atoms with E-state index in [-0.39, 0.29) is 18.1 Å². The fraction of sp³-hybridized carbons (Fsp3) is 0.0435. The maximum absolute atomic E-state index is 13.1. The van der Waals surface area contributed by atoms with Gasteiger partial charge in [0.05, 0.1) is 14.6 Å². The van der Waals surface area contributed by atoms with Gasteiger partial charge in [0.2, 0.25) is 0 Å². The molecule has 1 saturated heterocycles. The highest BCUT2D eigenvalue weighted by atomic mass is 79.9. The summed E-state index contributed by atoms with van der Waals surface area (Å²) in [6.07, 6.45) is 1.57. The number of hydrogen-bond donors (Lipinski definition) is 1. The van der Waals surface area contributed by atoms with Crippen LogP contribution in [-0.4, -0.2) is 11.9 Å². The molecule has 3 amide bonds. The van der Waals surface area contributed by atoms with Crippen LogP contribution in [0.4, 0.5) is 14.9 Å². The number of urea groups is 1. The summed E-state index contributed by atoms with van der Waals surface area (Å²) in [5.41, 5.74) is 2.00. The fourth-order valence-corrected chi connectivity index (χ4v) is 4.72. The van der Waals surface area contributed by atoms with E-state index < -0.39 is 11.9 Å². The molecule has 0 aliphatic carbocycles. The van der Waals surface area contributed by atoms with E-state index in [1.165, 1.54) is 12.1 Å². The SMILES string of the molecule is O=C1N/C(=C/c2cc(Br)c(OCc3ccc(F)cc3)c(Br)c2)C(=O)N1c1cccc(Cl)c1. The van der Waals surface area contributed by atoms with Gasteiger partial charge in [0.15, 0.2) is 0 Å². The minimum absolute atomic E-state index is 0.133. The molecule has 3 aromatic carbocycles. The quantitative estimate of drug-likeness (QED) is 0.271. The van der Waals surface area contributed by atoms with Crippen molar-refractivity contribution in [3.05, 3.63) is 97.3 Å². The van der Waals surface area contributed by atoms with Gasteiger partial charge in [-0.3, -0.25) is 4.79 Å². The molecule has 1 fully saturated rings. The predicted octanol–water partition coefficient (Wildman–Crippen LogP) is 6.68. The number of imide groups is 1. The number of benzene rings is 3. The lowest BCUT2D eigenvalue weighted by molar-refractivity contribution is -0.113. The normalized spacial score (nSPS) is 14.8. The topological polar surface area (TPSA) is 58.6 Å². The molecular weight excluding hydrogens is 567 g/mol. The summed E-state index contributed by atoms with van der Waals surface area (Å²) in [4.78, 5) is 26.2. The largest absolute Gasteiger partial charge is 0.487 e. The lowest BCUT2D eigenvalue weighted by Crippen LogP contribution is -2.30. The molecule has 3 aromatic rings. The lowest BCUT2D eigenvalue weighted by atomic mass is 10.1. The van der Waals surface area contributed by atoms with Crippen molar-refractivity contribution in [2.24, 2.45) is 0 Å². The molecule has 1 aliphatic heterocycles. The van der Waals surface area contributed by atoms with Crippen LogP contribution >= 0.6 is 43.5 Å². The second kappa shape index (κ2) is 9.44. The van der Waals surface area contributed by atoms with E-state index in [0.717, 1.165) is 10.5 Å². The molecule has 0 saturated carbocycles. The minimum Gasteiger partial charge on any atom is -0.487 e. The Kier molecular flexibility index (Phi) is 6.64. The van der Waals surface area contributed by atoms with Gasteiger partial charge < -0.3 is 10.1 Å². The molecular formula is C23H14Br2ClFN2O3. The van der Waals surface area contributed by atoms with E-state index >= 15 is 0 Å². The molecule has 0 spiro atoms. The first-order valence-corrected chi connectivity index (χ1v) is 11.3. The van der Waals surface area contributed by atoms with Crippen molar-refractivity contribution in [1.29, 1.82) is 0 Å². The molecule has 0 atom stereocenters. The lowest BCUT2D eigenvalue weighted by Gasteiger charge is -2.12. The molecule has 0 radical (unpaired) electrons. The van der Waals surface area contributed by atoms with Gasteiger partial charge in [-0.2, -0.15) is 0 Å². The Hall–Kier alpha value is -2.68. The highest BCUT2D eigenvalue weighted by Gasteiger charge is 2.35. The van der Waals surface area contributed by atoms with Crippen LogP contribution in [0, 0.1) is 5.82 Å². The minimum atomic E-state index is -0.555. The number of hydrogen-bond acceptors (Lipinski definition) is 3. The van der Waals surface area contributed by atoms with Gasteiger partial charge in [0.1, 0.15) is 23.9 Å². The van der Waals surface area contributed by atoms with Crippen LogP contribution in [0.15, 0.2) is 75.3 Å². The van der Waals surface area contributed by atoms with Crippen molar-refractivity contribution in [3.8, 4) is 5.75 Å². The number of nitrogens with zero attached hydrogens (tertiary/aromatic N) is 1. The van der Waals surface area contributed by atoms with E-state index in [1.54, 1.807) is 54.6 Å². The van der Waals surface area contributed by atoms with Gasteiger partial charge in [-0.25, -0.2) is 14.1 Å². The maximum Gasteiger partial charge on any atom is 0.333 e. The number of carbonyl (C=O) groups excluding carboxylic acids is 2. The Morgan fingerprint density at radius 3 is 2.38 bits per heavy atom. The first-order valence-electron chi connectivity index (χ1n) is 9.31. The molecule has 9 heteroatoms. The van der Waals surface area contributed by atoms with E-state index in [2.05, 4.69) is 37.2 Å². The van der Waals surface area contributed by atoms with Crippen LogP contribution in [0.25, 0.3) is 6.08 Å². The van der Waals surface area contributed by atoms with Crippen molar-refractivity contribution in [2.45, 2.75) is 6.61 Å². The van der Waals surface area contributed by atoms with Crippen LogP contribution in [0.2, 0.25) is 5.02 Å². The van der Waals surface area contributed by atoms with E-state index in [9.17, 15) is 14.0 Å². The molecule has 1 heterocycles. The highest BCUT2D eigenvalue weighted by molar-refractivity contribution is 9.11. The highest BCUT2D eigenvalue weighted by Crippen LogP contribution is 2.36. The second-order valence-electron chi connectivity index (χ2n) is 6.84. The summed E-state index contributed by atoms with van der Waals surface area (Å²) < 4.78 is 20.2. The van der Waals surface area contributed by atoms with Crippen molar-refractivity contribution in [2.75, 3.05) is 4.90 Å². The molecule has 0 aromatic heterocycles. The number of halogens is 4. The van der Waals surface area contributed by atoms with Gasteiger partial charge in [-0.15, -0.1) is 0 Å². The number of amides is 3. The van der Waals surface area contributed by atoms with Gasteiger partial charge in [0.25, 0.3) is 5.91 Å². The second-order valence-corrected chi connectivity index (χ2v) is 8.98. The standard InChI is InChI=1S/C23H14Br2ClFN2O3/c24-18-8-14(9-19(25)21(18)32-12-13-4-6-16(27)7-5-13)10-20-22(30)29(23(31)28-20)17-3-1-2-15(26)11-17/h1-11H,12H2,(H,28,31)/b20-10+. The van der Waals surface area contributed by atoms with Crippen molar-refractivity contribution < 1.29 is 18.7 Å². The molecule has 5 nitrogen and oxygen atoms in total. The summed E-state index contributed by atoms with van der Waals surface area (Å²) in [5, 5.41) is 3.01. The van der Waals surface area contributed by atoms with E-state index in [4.69, 9.17) is 16.3 Å². The molecule has 0 bridgehead atoms. The average molecular weight is 581 g/mol. The van der Waals surface area contributed by atoms with Crippen LogP contribution in [-0.2, 0) is 11.4 Å². The summed E-state index contributed by atoms with van der Waals surface area (Å²) >= 11 is 12.9. The zero-order valence-electron chi connectivity index (χ0n) is 16.2. The zero-order chi connectivity index (χ0) is 22.8. The molecule has 1 N–H and O–H groups in total. The van der Waals surface area contributed by atoms with Gasteiger partial charge in [0, 0.05) is 5.02 Å². The fourth-order valence-electron chi connectivity index (χ4n) is 3.09.